The summed E-state index contributed by atoms with van der Waals surface area (Å²) in [7, 11) is 0. The summed E-state index contributed by atoms with van der Waals surface area (Å²) < 4.78 is 5.27. The second kappa shape index (κ2) is 11.0. The topological polar surface area (TPSA) is 129 Å². The normalized spacial score (nSPS) is 11.5. The zero-order valence-electron chi connectivity index (χ0n) is 18.4. The summed E-state index contributed by atoms with van der Waals surface area (Å²) in [5.41, 5.74) is 9.12. The maximum atomic E-state index is 12.7. The molecule has 1 atom stereocenters. The van der Waals surface area contributed by atoms with Crippen LogP contribution in [0.15, 0.2) is 42.5 Å². The molecule has 0 saturated heterocycles. The van der Waals surface area contributed by atoms with Gasteiger partial charge in [0.15, 0.2) is 6.04 Å². The molecule has 31 heavy (non-hydrogen) atoms. The second-order valence-electron chi connectivity index (χ2n) is 7.34. The molecule has 2 aromatic carbocycles. The molecule has 8 heteroatoms. The van der Waals surface area contributed by atoms with Gasteiger partial charge in [0.25, 0.3) is 0 Å². The number of benzene rings is 2. The van der Waals surface area contributed by atoms with Gasteiger partial charge in [-0.3, -0.25) is 5.41 Å². The van der Waals surface area contributed by atoms with E-state index in [1.54, 1.807) is 43.3 Å². The van der Waals surface area contributed by atoms with Crippen LogP contribution >= 0.6 is 0 Å². The van der Waals surface area contributed by atoms with E-state index in [1.165, 1.54) is 0 Å². The number of nitrogens with two attached hydrogens (primary N) is 1. The Morgan fingerprint density at radius 1 is 1.10 bits per heavy atom. The Morgan fingerprint density at radius 2 is 1.77 bits per heavy atom. The van der Waals surface area contributed by atoms with Gasteiger partial charge >= 0.3 is 12.0 Å². The van der Waals surface area contributed by atoms with Gasteiger partial charge in [0.2, 0.25) is 0 Å². The predicted molar refractivity (Wildman–Crippen MR) is 124 cm³/mol. The molecule has 0 fully saturated rings. The summed E-state index contributed by atoms with van der Waals surface area (Å²) in [6.07, 6.45) is 0.675. The van der Waals surface area contributed by atoms with E-state index in [9.17, 15) is 9.59 Å². The highest BCUT2D eigenvalue weighted by atomic mass is 16.5. The third-order valence-corrected chi connectivity index (χ3v) is 4.54. The number of amides is 2. The smallest absolute Gasteiger partial charge is 0.333 e. The summed E-state index contributed by atoms with van der Waals surface area (Å²) in [6, 6.07) is 11.4. The van der Waals surface area contributed by atoms with Crippen LogP contribution < -0.4 is 21.7 Å². The molecule has 0 bridgehead atoms. The number of nitrogens with one attached hydrogen (secondary N) is 4. The van der Waals surface area contributed by atoms with Crippen molar-refractivity contribution in [2.45, 2.75) is 46.2 Å². The summed E-state index contributed by atoms with van der Waals surface area (Å²) in [4.78, 5) is 24.8. The Kier molecular flexibility index (Phi) is 8.43. The lowest BCUT2D eigenvalue weighted by Gasteiger charge is -2.21. The van der Waals surface area contributed by atoms with Crippen molar-refractivity contribution in [3.8, 4) is 0 Å². The average molecular weight is 426 g/mol. The van der Waals surface area contributed by atoms with Gasteiger partial charge < -0.3 is 26.4 Å². The van der Waals surface area contributed by atoms with Gasteiger partial charge in [-0.05, 0) is 68.7 Å². The van der Waals surface area contributed by atoms with Gasteiger partial charge in [0.05, 0.1) is 6.61 Å². The molecule has 8 nitrogen and oxygen atoms in total. The second-order valence-corrected chi connectivity index (χ2v) is 7.34. The van der Waals surface area contributed by atoms with E-state index < -0.39 is 12.0 Å². The quantitative estimate of drug-likeness (QED) is 0.237. The van der Waals surface area contributed by atoms with Gasteiger partial charge in [-0.2, -0.15) is 0 Å². The maximum absolute atomic E-state index is 12.7. The molecule has 1 unspecified atom stereocenters. The first-order valence-electron chi connectivity index (χ1n) is 10.3. The van der Waals surface area contributed by atoms with Crippen LogP contribution in [0.2, 0.25) is 0 Å². The summed E-state index contributed by atoms with van der Waals surface area (Å²) >= 11 is 0. The molecule has 2 rings (SSSR count). The van der Waals surface area contributed by atoms with Crippen LogP contribution in [0.25, 0.3) is 0 Å². The number of amidine groups is 1. The Morgan fingerprint density at radius 3 is 2.32 bits per heavy atom. The van der Waals surface area contributed by atoms with Crippen molar-refractivity contribution in [1.29, 1.82) is 5.41 Å². The SMILES string of the molecule is CCOC(=O)C(Nc1ccc(C(=N)N)cc1)c1ccc(NC(=O)NC(C)C)c(CC)c1. The van der Waals surface area contributed by atoms with Crippen molar-refractivity contribution in [3.05, 3.63) is 59.2 Å². The van der Waals surface area contributed by atoms with E-state index in [0.717, 1.165) is 11.1 Å². The van der Waals surface area contributed by atoms with Crippen LogP contribution in [0, 0.1) is 5.41 Å². The standard InChI is InChI=1S/C23H31N5O3/c1-5-15-13-17(9-12-19(15)28-23(30)26-14(3)4)20(22(29)31-6-2)27-18-10-7-16(8-11-18)21(24)25/h7-14,20,27H,5-6H2,1-4H3,(H3,24,25)(H2,26,28,30). The van der Waals surface area contributed by atoms with E-state index in [1.807, 2.05) is 26.8 Å². The molecule has 0 aromatic heterocycles. The molecule has 0 radical (unpaired) electrons. The van der Waals surface area contributed by atoms with Crippen molar-refractivity contribution in [2.75, 3.05) is 17.2 Å². The maximum Gasteiger partial charge on any atom is 0.333 e. The molecule has 2 amide bonds. The number of anilines is 2. The summed E-state index contributed by atoms with van der Waals surface area (Å²) in [5.74, 6) is -0.427. The number of aryl methyl sites for hydroxylation is 1. The number of carbonyl (C=O) groups excluding carboxylic acids is 2. The molecule has 0 spiro atoms. The highest BCUT2D eigenvalue weighted by Gasteiger charge is 2.23. The van der Waals surface area contributed by atoms with E-state index in [0.29, 0.717) is 23.4 Å². The Hall–Kier alpha value is -3.55. The molecule has 166 valence electrons. The zero-order valence-corrected chi connectivity index (χ0v) is 18.4. The highest BCUT2D eigenvalue weighted by Crippen LogP contribution is 2.26. The first-order chi connectivity index (χ1) is 14.7. The first kappa shape index (κ1) is 23.7. The van der Waals surface area contributed by atoms with Crippen LogP contribution in [0.1, 0.15) is 50.4 Å². The van der Waals surface area contributed by atoms with Crippen LogP contribution in [0.5, 0.6) is 0 Å². The summed E-state index contributed by atoms with van der Waals surface area (Å²) in [5, 5.41) is 16.4. The molecule has 0 aliphatic carbocycles. The molecule has 0 saturated carbocycles. The molecular formula is C23H31N5O3. The number of nitrogen functional groups attached to an aromatic ring is 1. The lowest BCUT2D eigenvalue weighted by Crippen LogP contribution is -2.34. The molecular weight excluding hydrogens is 394 g/mol. The average Bonchev–Trinajstić information content (AvgIpc) is 2.72. The van der Waals surface area contributed by atoms with Gasteiger partial charge in [0, 0.05) is 23.0 Å². The number of rotatable bonds is 9. The fraction of sp³-hybridized carbons (Fsp3) is 0.348. The first-order valence-corrected chi connectivity index (χ1v) is 10.3. The number of hydrogen-bond donors (Lipinski definition) is 5. The van der Waals surface area contributed by atoms with Crippen molar-refractivity contribution >= 4 is 29.2 Å². The molecule has 6 N–H and O–H groups in total. The van der Waals surface area contributed by atoms with Gasteiger partial charge in [-0.1, -0.05) is 19.1 Å². The lowest BCUT2D eigenvalue weighted by atomic mass is 10.0. The lowest BCUT2D eigenvalue weighted by molar-refractivity contribution is -0.144. The minimum atomic E-state index is -0.730. The van der Waals surface area contributed by atoms with Crippen LogP contribution in [-0.4, -0.2) is 30.5 Å². The molecule has 0 aliphatic heterocycles. The zero-order chi connectivity index (χ0) is 23.0. The van der Waals surface area contributed by atoms with Crippen molar-refractivity contribution in [3.63, 3.8) is 0 Å². The Labute approximate surface area is 183 Å². The third-order valence-electron chi connectivity index (χ3n) is 4.54. The number of hydrogen-bond acceptors (Lipinski definition) is 5. The van der Waals surface area contributed by atoms with Gasteiger partial charge in [-0.15, -0.1) is 0 Å². The number of carbonyl (C=O) groups is 2. The highest BCUT2D eigenvalue weighted by molar-refractivity contribution is 5.95. The van der Waals surface area contributed by atoms with Crippen molar-refractivity contribution in [1.82, 2.24) is 5.32 Å². The minimum absolute atomic E-state index is 0.0225. The molecule has 2 aromatic rings. The predicted octanol–water partition coefficient (Wildman–Crippen LogP) is 3.78. The van der Waals surface area contributed by atoms with Crippen LogP contribution in [0.4, 0.5) is 16.2 Å². The number of urea groups is 1. The van der Waals surface area contributed by atoms with Crippen LogP contribution in [0.3, 0.4) is 0 Å². The minimum Gasteiger partial charge on any atom is -0.464 e. The Balaban J connectivity index is 2.31. The van der Waals surface area contributed by atoms with Gasteiger partial charge in [0.1, 0.15) is 5.84 Å². The molecule has 0 heterocycles. The number of ether oxygens (including phenoxy) is 1. The van der Waals surface area contributed by atoms with Crippen molar-refractivity contribution < 1.29 is 14.3 Å². The van der Waals surface area contributed by atoms with E-state index in [2.05, 4.69) is 16.0 Å². The van der Waals surface area contributed by atoms with Crippen molar-refractivity contribution in [2.24, 2.45) is 5.73 Å². The monoisotopic (exact) mass is 425 g/mol. The Bertz CT molecular complexity index is 925. The van der Waals surface area contributed by atoms with Crippen LogP contribution in [-0.2, 0) is 16.0 Å². The fourth-order valence-electron chi connectivity index (χ4n) is 3.04. The van der Waals surface area contributed by atoms with E-state index in [4.69, 9.17) is 15.9 Å². The van der Waals surface area contributed by atoms with Gasteiger partial charge in [-0.25, -0.2) is 9.59 Å². The fourth-order valence-corrected chi connectivity index (χ4v) is 3.04. The largest absolute Gasteiger partial charge is 0.464 e. The molecule has 0 aliphatic rings. The van der Waals surface area contributed by atoms with E-state index in [-0.39, 0.29) is 24.5 Å². The number of esters is 1. The van der Waals surface area contributed by atoms with E-state index >= 15 is 0 Å². The third kappa shape index (κ3) is 6.74. The summed E-state index contributed by atoms with van der Waals surface area (Å²) in [6.45, 7) is 7.78.